The molecule has 1 fully saturated rings. The highest BCUT2D eigenvalue weighted by molar-refractivity contribution is 7.88. The van der Waals surface area contributed by atoms with Crippen LogP contribution in [0.4, 0.5) is 4.39 Å². The maximum absolute atomic E-state index is 13.5. The lowest BCUT2D eigenvalue weighted by molar-refractivity contribution is -0.141. The van der Waals surface area contributed by atoms with Crippen LogP contribution in [-0.4, -0.2) is 68.5 Å². The van der Waals surface area contributed by atoms with Gasteiger partial charge in [-0.1, -0.05) is 42.5 Å². The topological polar surface area (TPSA) is 96.0 Å². The van der Waals surface area contributed by atoms with Crippen LogP contribution in [0, 0.1) is 5.82 Å². The number of nitrogens with zero attached hydrogens (tertiary/aromatic N) is 2. The summed E-state index contributed by atoms with van der Waals surface area (Å²) in [4.78, 5) is 28.1. The van der Waals surface area contributed by atoms with Crippen molar-refractivity contribution in [3.05, 3.63) is 71.5 Å². The molecule has 0 aliphatic carbocycles. The van der Waals surface area contributed by atoms with Crippen molar-refractivity contribution in [2.24, 2.45) is 0 Å². The van der Waals surface area contributed by atoms with Crippen LogP contribution >= 0.6 is 0 Å². The van der Waals surface area contributed by atoms with Gasteiger partial charge in [-0.2, -0.15) is 4.31 Å². The number of benzene rings is 2. The zero-order chi connectivity index (χ0) is 24.7. The average Bonchev–Trinajstić information content (AvgIpc) is 3.32. The Morgan fingerprint density at radius 2 is 1.82 bits per heavy atom. The minimum Gasteiger partial charge on any atom is -0.376 e. The Labute approximate surface area is 199 Å². The Morgan fingerprint density at radius 1 is 1.15 bits per heavy atom. The third-order valence-electron chi connectivity index (χ3n) is 5.71. The summed E-state index contributed by atoms with van der Waals surface area (Å²) in [5.74, 6) is -1.38. The molecule has 3 rings (SSSR count). The summed E-state index contributed by atoms with van der Waals surface area (Å²) in [6.07, 6.45) is 2.69. The fourth-order valence-corrected chi connectivity index (χ4v) is 4.08. The average molecular weight is 492 g/mol. The number of likely N-dealkylation sites (N-methyl/N-ethyl adjacent to an activating group) is 1. The highest BCUT2D eigenvalue weighted by Gasteiger charge is 2.33. The lowest BCUT2D eigenvalue weighted by atomic mass is 10.0. The molecular formula is C24H30FN3O5S. The molecule has 2 aromatic rings. The van der Waals surface area contributed by atoms with Crippen molar-refractivity contribution in [3.63, 3.8) is 0 Å². The Morgan fingerprint density at radius 3 is 2.41 bits per heavy atom. The van der Waals surface area contributed by atoms with Crippen LogP contribution in [-0.2, 0) is 30.9 Å². The molecule has 8 nitrogen and oxygen atoms in total. The molecule has 2 atom stereocenters. The summed E-state index contributed by atoms with van der Waals surface area (Å²) in [7, 11) is -2.32. The van der Waals surface area contributed by atoms with Crippen molar-refractivity contribution < 1.29 is 27.1 Å². The van der Waals surface area contributed by atoms with Crippen molar-refractivity contribution in [2.45, 2.75) is 31.5 Å². The first kappa shape index (κ1) is 25.8. The SMILES string of the molecule is CN(CC(=O)N(Cc1ccc(F)cc1)[C@@H](C(=O)NC[C@@H]1CCCO1)c1ccccc1)S(C)(=O)=O. The Kier molecular flexibility index (Phi) is 8.76. The van der Waals surface area contributed by atoms with Gasteiger partial charge in [-0.05, 0) is 36.1 Å². The predicted octanol–water partition coefficient (Wildman–Crippen LogP) is 2.08. The normalized spacial score (nSPS) is 16.9. The summed E-state index contributed by atoms with van der Waals surface area (Å²) in [5.41, 5.74) is 1.18. The Balaban J connectivity index is 1.93. The van der Waals surface area contributed by atoms with Crippen LogP contribution in [0.5, 0.6) is 0 Å². The second-order valence-electron chi connectivity index (χ2n) is 8.36. The summed E-state index contributed by atoms with van der Waals surface area (Å²) in [6.45, 7) is 0.506. The molecule has 2 aromatic carbocycles. The van der Waals surface area contributed by atoms with E-state index < -0.39 is 40.2 Å². The lowest BCUT2D eigenvalue weighted by Gasteiger charge is -2.33. The molecule has 1 aliphatic rings. The van der Waals surface area contributed by atoms with Gasteiger partial charge in [-0.25, -0.2) is 12.8 Å². The monoisotopic (exact) mass is 491 g/mol. The van der Waals surface area contributed by atoms with Gasteiger partial charge in [0.05, 0.1) is 18.9 Å². The number of carbonyl (C=O) groups excluding carboxylic acids is 2. The summed E-state index contributed by atoms with van der Waals surface area (Å²) >= 11 is 0. The molecule has 0 unspecified atom stereocenters. The first-order chi connectivity index (χ1) is 16.1. The molecule has 1 aliphatic heterocycles. The molecule has 1 heterocycles. The van der Waals surface area contributed by atoms with Gasteiger partial charge >= 0.3 is 0 Å². The summed E-state index contributed by atoms with van der Waals surface area (Å²) in [6, 6.07) is 13.4. The number of hydrogen-bond donors (Lipinski definition) is 1. The number of nitrogens with one attached hydrogen (secondary N) is 1. The van der Waals surface area contributed by atoms with Crippen LogP contribution < -0.4 is 5.32 Å². The van der Waals surface area contributed by atoms with E-state index in [4.69, 9.17) is 4.74 Å². The van der Waals surface area contributed by atoms with E-state index in [0.717, 1.165) is 23.4 Å². The molecule has 1 saturated heterocycles. The fraction of sp³-hybridized carbons (Fsp3) is 0.417. The first-order valence-corrected chi connectivity index (χ1v) is 12.9. The van der Waals surface area contributed by atoms with Gasteiger partial charge in [0.2, 0.25) is 21.8 Å². The summed E-state index contributed by atoms with van der Waals surface area (Å²) < 4.78 is 43.8. The highest BCUT2D eigenvalue weighted by atomic mass is 32.2. The van der Waals surface area contributed by atoms with E-state index in [0.29, 0.717) is 24.3 Å². The van der Waals surface area contributed by atoms with Crippen molar-refractivity contribution in [2.75, 3.05) is 33.0 Å². The predicted molar refractivity (Wildman–Crippen MR) is 126 cm³/mol. The maximum atomic E-state index is 13.5. The van der Waals surface area contributed by atoms with Gasteiger partial charge in [0.25, 0.3) is 0 Å². The van der Waals surface area contributed by atoms with E-state index in [1.807, 2.05) is 0 Å². The zero-order valence-electron chi connectivity index (χ0n) is 19.3. The number of sulfonamides is 1. The first-order valence-electron chi connectivity index (χ1n) is 11.0. The standard InChI is InChI=1S/C24H30FN3O5S/c1-27(34(2,31)32)17-22(29)28(16-18-10-12-20(25)13-11-18)23(19-7-4-3-5-8-19)24(30)26-15-21-9-6-14-33-21/h3-5,7-8,10-13,21,23H,6,9,14-17H2,1-2H3,(H,26,30)/t21-,23+/m0/s1. The number of hydrogen-bond acceptors (Lipinski definition) is 5. The number of rotatable bonds is 10. The van der Waals surface area contributed by atoms with Crippen molar-refractivity contribution >= 4 is 21.8 Å². The summed E-state index contributed by atoms with van der Waals surface area (Å²) in [5, 5.41) is 2.89. The third kappa shape index (κ3) is 7.09. The number of ether oxygens (including phenoxy) is 1. The smallest absolute Gasteiger partial charge is 0.247 e. The van der Waals surface area contributed by atoms with E-state index in [9.17, 15) is 22.4 Å². The maximum Gasteiger partial charge on any atom is 0.247 e. The molecule has 10 heteroatoms. The second-order valence-corrected chi connectivity index (χ2v) is 10.4. The van der Waals surface area contributed by atoms with E-state index >= 15 is 0 Å². The van der Waals surface area contributed by atoms with Crippen molar-refractivity contribution in [1.29, 1.82) is 0 Å². The van der Waals surface area contributed by atoms with Crippen molar-refractivity contribution in [1.82, 2.24) is 14.5 Å². The van der Waals surface area contributed by atoms with Crippen LogP contribution in [0.25, 0.3) is 0 Å². The molecule has 0 bridgehead atoms. The molecule has 0 saturated carbocycles. The lowest BCUT2D eigenvalue weighted by Crippen LogP contribution is -2.48. The van der Waals surface area contributed by atoms with E-state index in [1.54, 1.807) is 30.3 Å². The van der Waals surface area contributed by atoms with Crippen LogP contribution in [0.2, 0.25) is 0 Å². The molecule has 34 heavy (non-hydrogen) atoms. The number of halogens is 1. The van der Waals surface area contributed by atoms with Gasteiger partial charge in [0.15, 0.2) is 0 Å². The zero-order valence-corrected chi connectivity index (χ0v) is 20.1. The van der Waals surface area contributed by atoms with Crippen LogP contribution in [0.15, 0.2) is 54.6 Å². The number of amides is 2. The molecule has 184 valence electrons. The molecule has 1 N–H and O–H groups in total. The second kappa shape index (κ2) is 11.5. The molecule has 0 radical (unpaired) electrons. The third-order valence-corrected chi connectivity index (χ3v) is 6.98. The Hall–Kier alpha value is -2.82. The van der Waals surface area contributed by atoms with Crippen LogP contribution in [0.1, 0.15) is 30.0 Å². The largest absolute Gasteiger partial charge is 0.376 e. The fourth-order valence-electron chi connectivity index (χ4n) is 3.73. The molecule has 0 spiro atoms. The van der Waals surface area contributed by atoms with Gasteiger partial charge in [-0.3, -0.25) is 9.59 Å². The number of carbonyl (C=O) groups is 2. The van der Waals surface area contributed by atoms with Gasteiger partial charge in [0.1, 0.15) is 11.9 Å². The van der Waals surface area contributed by atoms with E-state index in [1.165, 1.54) is 36.2 Å². The molecule has 2 amide bonds. The molecular weight excluding hydrogens is 461 g/mol. The minimum absolute atomic E-state index is 0.0103. The van der Waals surface area contributed by atoms with Gasteiger partial charge in [-0.15, -0.1) is 0 Å². The van der Waals surface area contributed by atoms with Crippen molar-refractivity contribution in [3.8, 4) is 0 Å². The van der Waals surface area contributed by atoms with Gasteiger partial charge in [0, 0.05) is 26.7 Å². The van der Waals surface area contributed by atoms with E-state index in [2.05, 4.69) is 5.32 Å². The molecule has 0 aromatic heterocycles. The van der Waals surface area contributed by atoms with Crippen LogP contribution in [0.3, 0.4) is 0 Å². The Bertz CT molecular complexity index is 1070. The quantitative estimate of drug-likeness (QED) is 0.549. The highest BCUT2D eigenvalue weighted by Crippen LogP contribution is 2.25. The van der Waals surface area contributed by atoms with Gasteiger partial charge < -0.3 is 15.0 Å². The van der Waals surface area contributed by atoms with E-state index in [-0.39, 0.29) is 12.6 Å². The minimum atomic E-state index is -3.62.